The van der Waals surface area contributed by atoms with Crippen LogP contribution < -0.4 is 4.72 Å². The molecule has 1 N–H and O–H groups in total. The smallest absolute Gasteiger partial charge is 0.273 e. The van der Waals surface area contributed by atoms with Gasteiger partial charge in [0.15, 0.2) is 0 Å². The highest BCUT2D eigenvalue weighted by Crippen LogP contribution is 2.44. The van der Waals surface area contributed by atoms with Crippen molar-refractivity contribution in [2.24, 2.45) is 5.41 Å². The predicted molar refractivity (Wildman–Crippen MR) is 69.0 cm³/mol. The second kappa shape index (κ2) is 5.01. The van der Waals surface area contributed by atoms with Crippen LogP contribution in [0, 0.1) is 5.41 Å². The molecule has 6 heteroatoms. The third kappa shape index (κ3) is 2.44. The first-order chi connectivity index (χ1) is 8.50. The summed E-state index contributed by atoms with van der Waals surface area (Å²) in [5.74, 6) is -0.361. The Balaban J connectivity index is 2.04. The molecule has 1 aliphatic carbocycles. The SMILES string of the molecule is C=CCC1(C(=O)NS(=O)(=O)N2CCCC2)CCC1. The van der Waals surface area contributed by atoms with Gasteiger partial charge in [0.25, 0.3) is 0 Å². The molecule has 2 aliphatic rings. The van der Waals surface area contributed by atoms with E-state index in [1.54, 1.807) is 6.08 Å². The van der Waals surface area contributed by atoms with Gasteiger partial charge in [-0.25, -0.2) is 4.72 Å². The van der Waals surface area contributed by atoms with Crippen molar-refractivity contribution in [1.82, 2.24) is 9.03 Å². The number of nitrogens with one attached hydrogen (secondary N) is 1. The number of amides is 1. The quantitative estimate of drug-likeness (QED) is 0.764. The Hall–Kier alpha value is -0.880. The predicted octanol–water partition coefficient (Wildman–Crippen LogP) is 1.19. The van der Waals surface area contributed by atoms with Crippen molar-refractivity contribution in [3.05, 3.63) is 12.7 Å². The molecule has 0 aromatic carbocycles. The van der Waals surface area contributed by atoms with Gasteiger partial charge < -0.3 is 0 Å². The standard InChI is InChI=1S/C12H20N2O3S/c1-2-6-12(7-5-8-12)11(15)13-18(16,17)14-9-3-4-10-14/h2H,1,3-10H2,(H,13,15). The summed E-state index contributed by atoms with van der Waals surface area (Å²) >= 11 is 0. The van der Waals surface area contributed by atoms with Crippen molar-refractivity contribution >= 4 is 16.1 Å². The summed E-state index contributed by atoms with van der Waals surface area (Å²) in [4.78, 5) is 12.1. The maximum atomic E-state index is 12.1. The van der Waals surface area contributed by atoms with E-state index in [0.29, 0.717) is 19.5 Å². The van der Waals surface area contributed by atoms with E-state index in [2.05, 4.69) is 11.3 Å². The number of carbonyl (C=O) groups is 1. The molecule has 0 radical (unpaired) electrons. The van der Waals surface area contributed by atoms with Crippen LogP contribution in [0.4, 0.5) is 0 Å². The summed E-state index contributed by atoms with van der Waals surface area (Å²) in [5, 5.41) is 0. The molecule has 1 saturated heterocycles. The lowest BCUT2D eigenvalue weighted by Gasteiger charge is -2.39. The lowest BCUT2D eigenvalue weighted by molar-refractivity contribution is -0.133. The number of hydrogen-bond donors (Lipinski definition) is 1. The first-order valence-electron chi connectivity index (χ1n) is 6.43. The molecular formula is C12H20N2O3S. The molecule has 0 aromatic rings. The maximum absolute atomic E-state index is 12.1. The van der Waals surface area contributed by atoms with E-state index >= 15 is 0 Å². The van der Waals surface area contributed by atoms with Crippen molar-refractivity contribution in [3.63, 3.8) is 0 Å². The Morgan fingerprint density at radius 3 is 2.33 bits per heavy atom. The van der Waals surface area contributed by atoms with Gasteiger partial charge in [-0.3, -0.25) is 4.79 Å². The van der Waals surface area contributed by atoms with Gasteiger partial charge in [-0.1, -0.05) is 12.5 Å². The van der Waals surface area contributed by atoms with Crippen LogP contribution >= 0.6 is 0 Å². The van der Waals surface area contributed by atoms with Crippen molar-refractivity contribution < 1.29 is 13.2 Å². The molecule has 2 fully saturated rings. The highest BCUT2D eigenvalue weighted by atomic mass is 32.2. The van der Waals surface area contributed by atoms with Crippen LogP contribution in [0.5, 0.6) is 0 Å². The third-order valence-corrected chi connectivity index (χ3v) is 5.44. The van der Waals surface area contributed by atoms with Gasteiger partial charge in [0.1, 0.15) is 0 Å². The molecule has 102 valence electrons. The lowest BCUT2D eigenvalue weighted by atomic mass is 9.66. The minimum absolute atomic E-state index is 0.361. The van der Waals surface area contributed by atoms with Gasteiger partial charge in [0.2, 0.25) is 5.91 Å². The average molecular weight is 272 g/mol. The molecule has 0 unspecified atom stereocenters. The zero-order valence-corrected chi connectivity index (χ0v) is 11.3. The van der Waals surface area contributed by atoms with Gasteiger partial charge in [0.05, 0.1) is 5.41 Å². The molecular weight excluding hydrogens is 252 g/mol. The molecule has 1 saturated carbocycles. The monoisotopic (exact) mass is 272 g/mol. The third-order valence-electron chi connectivity index (χ3n) is 3.95. The molecule has 1 aliphatic heterocycles. The Kier molecular flexibility index (Phi) is 3.77. The van der Waals surface area contributed by atoms with Crippen LogP contribution in [0.3, 0.4) is 0 Å². The highest BCUT2D eigenvalue weighted by Gasteiger charge is 2.45. The number of hydrogen-bond acceptors (Lipinski definition) is 3. The molecule has 0 spiro atoms. The number of nitrogens with zero attached hydrogens (tertiary/aromatic N) is 1. The fourth-order valence-electron chi connectivity index (χ4n) is 2.62. The van der Waals surface area contributed by atoms with E-state index in [1.807, 2.05) is 0 Å². The summed E-state index contributed by atoms with van der Waals surface area (Å²) in [7, 11) is -3.64. The molecule has 0 aromatic heterocycles. The van der Waals surface area contributed by atoms with E-state index in [-0.39, 0.29) is 5.91 Å². The van der Waals surface area contributed by atoms with Gasteiger partial charge in [0, 0.05) is 13.1 Å². The summed E-state index contributed by atoms with van der Waals surface area (Å²) in [5.41, 5.74) is -0.533. The van der Waals surface area contributed by atoms with Crippen LogP contribution in [-0.2, 0) is 15.0 Å². The van der Waals surface area contributed by atoms with E-state index < -0.39 is 15.6 Å². The zero-order valence-electron chi connectivity index (χ0n) is 10.5. The van der Waals surface area contributed by atoms with Crippen molar-refractivity contribution in [2.75, 3.05) is 13.1 Å². The normalized spacial score (nSPS) is 23.3. The topological polar surface area (TPSA) is 66.5 Å². The van der Waals surface area contributed by atoms with Crippen LogP contribution in [0.1, 0.15) is 38.5 Å². The Morgan fingerprint density at radius 2 is 1.89 bits per heavy atom. The fourth-order valence-corrected chi connectivity index (χ4v) is 3.94. The second-order valence-electron chi connectivity index (χ2n) is 5.17. The lowest BCUT2D eigenvalue weighted by Crippen LogP contribution is -2.51. The van der Waals surface area contributed by atoms with Crippen LogP contribution in [-0.4, -0.2) is 31.7 Å². The number of rotatable bonds is 5. The molecule has 0 bridgehead atoms. The van der Waals surface area contributed by atoms with Crippen molar-refractivity contribution in [2.45, 2.75) is 38.5 Å². The molecule has 5 nitrogen and oxygen atoms in total. The van der Waals surface area contributed by atoms with E-state index in [1.165, 1.54) is 4.31 Å². The molecule has 1 amide bonds. The Morgan fingerprint density at radius 1 is 1.28 bits per heavy atom. The van der Waals surface area contributed by atoms with Gasteiger partial charge in [-0.05, 0) is 32.1 Å². The summed E-state index contributed by atoms with van der Waals surface area (Å²) in [6.07, 6.45) is 6.46. The first-order valence-corrected chi connectivity index (χ1v) is 7.87. The fraction of sp³-hybridized carbons (Fsp3) is 0.750. The van der Waals surface area contributed by atoms with Crippen LogP contribution in [0.2, 0.25) is 0 Å². The Labute approximate surface area is 108 Å². The number of allylic oxidation sites excluding steroid dienone is 1. The number of carbonyl (C=O) groups excluding carboxylic acids is 1. The van der Waals surface area contributed by atoms with Gasteiger partial charge >= 0.3 is 10.2 Å². The average Bonchev–Trinajstić information content (AvgIpc) is 2.76. The highest BCUT2D eigenvalue weighted by molar-refractivity contribution is 7.87. The molecule has 2 rings (SSSR count). The first kappa shape index (κ1) is 13.5. The van der Waals surface area contributed by atoms with E-state index in [0.717, 1.165) is 32.1 Å². The van der Waals surface area contributed by atoms with Gasteiger partial charge in [-0.2, -0.15) is 12.7 Å². The second-order valence-corrected chi connectivity index (χ2v) is 6.84. The Bertz CT molecular complexity index is 434. The van der Waals surface area contributed by atoms with Gasteiger partial charge in [-0.15, -0.1) is 6.58 Å². The van der Waals surface area contributed by atoms with Crippen molar-refractivity contribution in [1.29, 1.82) is 0 Å². The molecule has 1 heterocycles. The maximum Gasteiger partial charge on any atom is 0.303 e. The minimum atomic E-state index is -3.64. The molecule has 18 heavy (non-hydrogen) atoms. The zero-order chi connectivity index (χ0) is 13.2. The van der Waals surface area contributed by atoms with Crippen LogP contribution in [0.15, 0.2) is 12.7 Å². The summed E-state index contributed by atoms with van der Waals surface area (Å²) in [6.45, 7) is 4.67. The van der Waals surface area contributed by atoms with Crippen LogP contribution in [0.25, 0.3) is 0 Å². The summed E-state index contributed by atoms with van der Waals surface area (Å²) < 4.78 is 27.6. The molecule has 0 atom stereocenters. The summed E-state index contributed by atoms with van der Waals surface area (Å²) in [6, 6.07) is 0. The largest absolute Gasteiger partial charge is 0.303 e. The minimum Gasteiger partial charge on any atom is -0.273 e. The van der Waals surface area contributed by atoms with E-state index in [4.69, 9.17) is 0 Å². The van der Waals surface area contributed by atoms with Crippen molar-refractivity contribution in [3.8, 4) is 0 Å². The van der Waals surface area contributed by atoms with E-state index in [9.17, 15) is 13.2 Å².